The van der Waals surface area contributed by atoms with Crippen molar-refractivity contribution in [3.05, 3.63) is 0 Å². The number of rotatable bonds is 2. The van der Waals surface area contributed by atoms with Gasteiger partial charge in [0.15, 0.2) is 0 Å². The average molecular weight is 149 g/mol. The third-order valence-corrected chi connectivity index (χ3v) is 0.894. The number of hydrogen-bond acceptors (Lipinski definition) is 2. The Balaban J connectivity index is -0.000000149. The Morgan fingerprint density at radius 3 is 1.60 bits per heavy atom. The lowest BCUT2D eigenvalue weighted by Crippen LogP contribution is -2.31. The van der Waals surface area contributed by atoms with E-state index < -0.39 is 0 Å². The molecule has 0 rings (SSSR count). The summed E-state index contributed by atoms with van der Waals surface area (Å²) in [7, 11) is 1.00. The van der Waals surface area contributed by atoms with Gasteiger partial charge in [-0.05, 0) is 20.3 Å². The average Bonchev–Trinajstić information content (AvgIpc) is 1.69. The zero-order chi connectivity index (χ0) is 7.91. The molecule has 0 aliphatic carbocycles. The largest absolute Gasteiger partial charge is 0.400 e. The first-order chi connectivity index (χ1) is 4.06. The van der Waals surface area contributed by atoms with E-state index in [0.29, 0.717) is 0 Å². The standard InChI is InChI=1S/C6H15N.CH4O.CH4/c1-4-5-6(2,3)7;1-2;/h4-5,7H2,1-3H3;2H,1H3;1H4. The molecule has 0 radical (unpaired) electrons. The minimum atomic E-state index is 0. The topological polar surface area (TPSA) is 46.2 Å². The number of hydrogen-bond donors (Lipinski definition) is 2. The van der Waals surface area contributed by atoms with Crippen LogP contribution in [-0.2, 0) is 0 Å². The Kier molecular flexibility index (Phi) is 14.7. The molecule has 0 bridgehead atoms. The highest BCUT2D eigenvalue weighted by atomic mass is 16.2. The fraction of sp³-hybridized carbons (Fsp3) is 1.00. The van der Waals surface area contributed by atoms with Crippen LogP contribution in [0.3, 0.4) is 0 Å². The van der Waals surface area contributed by atoms with Crippen molar-refractivity contribution < 1.29 is 5.11 Å². The van der Waals surface area contributed by atoms with Crippen LogP contribution in [-0.4, -0.2) is 17.8 Å². The van der Waals surface area contributed by atoms with Gasteiger partial charge >= 0.3 is 0 Å². The third kappa shape index (κ3) is 24.7. The summed E-state index contributed by atoms with van der Waals surface area (Å²) >= 11 is 0. The van der Waals surface area contributed by atoms with Crippen molar-refractivity contribution in [1.29, 1.82) is 0 Å². The molecule has 0 unspecified atom stereocenters. The van der Waals surface area contributed by atoms with E-state index in [0.717, 1.165) is 13.5 Å². The van der Waals surface area contributed by atoms with Gasteiger partial charge < -0.3 is 10.8 Å². The molecule has 66 valence electrons. The number of nitrogens with two attached hydrogens (primary N) is 1. The Morgan fingerprint density at radius 2 is 1.60 bits per heavy atom. The lowest BCUT2D eigenvalue weighted by molar-refractivity contribution is 0.399. The highest BCUT2D eigenvalue weighted by molar-refractivity contribution is 4.69. The second-order valence-corrected chi connectivity index (χ2v) is 2.74. The zero-order valence-corrected chi connectivity index (χ0v) is 6.94. The maximum absolute atomic E-state index is 7.00. The Morgan fingerprint density at radius 1 is 1.30 bits per heavy atom. The van der Waals surface area contributed by atoms with E-state index in [1.807, 2.05) is 0 Å². The molecule has 0 heterocycles. The molecule has 0 saturated carbocycles. The quantitative estimate of drug-likeness (QED) is 0.628. The van der Waals surface area contributed by atoms with E-state index in [2.05, 4.69) is 20.8 Å². The maximum atomic E-state index is 7.00. The van der Waals surface area contributed by atoms with E-state index in [1.165, 1.54) is 6.42 Å². The van der Waals surface area contributed by atoms with Crippen LogP contribution >= 0.6 is 0 Å². The van der Waals surface area contributed by atoms with Gasteiger partial charge in [0.1, 0.15) is 0 Å². The van der Waals surface area contributed by atoms with Gasteiger partial charge in [0.05, 0.1) is 0 Å². The minimum absolute atomic E-state index is 0. The molecule has 2 nitrogen and oxygen atoms in total. The first-order valence-electron chi connectivity index (χ1n) is 3.30. The van der Waals surface area contributed by atoms with Crippen molar-refractivity contribution in [2.75, 3.05) is 7.11 Å². The summed E-state index contributed by atoms with van der Waals surface area (Å²) in [5, 5.41) is 7.00. The van der Waals surface area contributed by atoms with E-state index in [1.54, 1.807) is 0 Å². The molecule has 0 saturated heterocycles. The summed E-state index contributed by atoms with van der Waals surface area (Å²) in [6, 6.07) is 0. The fourth-order valence-corrected chi connectivity index (χ4v) is 0.644. The van der Waals surface area contributed by atoms with Crippen molar-refractivity contribution >= 4 is 0 Å². The van der Waals surface area contributed by atoms with Gasteiger partial charge in [0.2, 0.25) is 0 Å². The van der Waals surface area contributed by atoms with Crippen LogP contribution in [0.2, 0.25) is 0 Å². The molecule has 10 heavy (non-hydrogen) atoms. The van der Waals surface area contributed by atoms with Crippen molar-refractivity contribution in [3.8, 4) is 0 Å². The smallest absolute Gasteiger partial charge is 0.0319 e. The summed E-state index contributed by atoms with van der Waals surface area (Å²) < 4.78 is 0. The van der Waals surface area contributed by atoms with Gasteiger partial charge in [0, 0.05) is 12.6 Å². The van der Waals surface area contributed by atoms with Crippen LogP contribution in [0.25, 0.3) is 0 Å². The Hall–Kier alpha value is -0.0800. The molecule has 0 fully saturated rings. The van der Waals surface area contributed by atoms with Gasteiger partial charge in [-0.25, -0.2) is 0 Å². The van der Waals surface area contributed by atoms with Crippen molar-refractivity contribution in [2.45, 2.75) is 46.6 Å². The minimum Gasteiger partial charge on any atom is -0.400 e. The summed E-state index contributed by atoms with van der Waals surface area (Å²) in [5.41, 5.74) is 5.70. The molecule has 0 aromatic heterocycles. The van der Waals surface area contributed by atoms with Crippen LogP contribution < -0.4 is 5.73 Å². The van der Waals surface area contributed by atoms with Crippen LogP contribution in [0.1, 0.15) is 41.0 Å². The molecule has 0 spiro atoms. The van der Waals surface area contributed by atoms with Gasteiger partial charge in [-0.3, -0.25) is 0 Å². The molecule has 2 heteroatoms. The van der Waals surface area contributed by atoms with E-state index >= 15 is 0 Å². The van der Waals surface area contributed by atoms with E-state index in [4.69, 9.17) is 10.8 Å². The van der Waals surface area contributed by atoms with Crippen molar-refractivity contribution in [3.63, 3.8) is 0 Å². The lowest BCUT2D eigenvalue weighted by Gasteiger charge is -2.15. The van der Waals surface area contributed by atoms with Gasteiger partial charge in [-0.15, -0.1) is 0 Å². The second-order valence-electron chi connectivity index (χ2n) is 2.74. The third-order valence-electron chi connectivity index (χ3n) is 0.894. The first-order valence-corrected chi connectivity index (χ1v) is 3.30. The summed E-state index contributed by atoms with van der Waals surface area (Å²) in [5.74, 6) is 0. The Labute approximate surface area is 65.4 Å². The van der Waals surface area contributed by atoms with Crippen LogP contribution in [0.15, 0.2) is 0 Å². The molecule has 0 atom stereocenters. The summed E-state index contributed by atoms with van der Waals surface area (Å²) in [6.07, 6.45) is 2.30. The van der Waals surface area contributed by atoms with E-state index in [9.17, 15) is 0 Å². The molecular formula is C8H23NO. The van der Waals surface area contributed by atoms with Gasteiger partial charge in [-0.1, -0.05) is 20.8 Å². The lowest BCUT2D eigenvalue weighted by atomic mass is 10.0. The van der Waals surface area contributed by atoms with E-state index in [-0.39, 0.29) is 13.0 Å². The monoisotopic (exact) mass is 149 g/mol. The molecular weight excluding hydrogens is 126 g/mol. The number of aliphatic hydroxyl groups is 1. The van der Waals surface area contributed by atoms with Gasteiger partial charge in [0.25, 0.3) is 0 Å². The molecule has 0 amide bonds. The summed E-state index contributed by atoms with van der Waals surface area (Å²) in [4.78, 5) is 0. The van der Waals surface area contributed by atoms with Crippen LogP contribution in [0, 0.1) is 0 Å². The van der Waals surface area contributed by atoms with Crippen molar-refractivity contribution in [1.82, 2.24) is 0 Å². The summed E-state index contributed by atoms with van der Waals surface area (Å²) in [6.45, 7) is 6.25. The SMILES string of the molecule is C.CCCC(C)(C)N.CO. The normalized spacial score (nSPS) is 9.00. The molecule has 3 N–H and O–H groups in total. The predicted octanol–water partition coefficient (Wildman–Crippen LogP) is 1.77. The Bertz CT molecular complexity index is 47.7. The molecule has 0 aromatic carbocycles. The van der Waals surface area contributed by atoms with Crippen molar-refractivity contribution in [2.24, 2.45) is 5.73 Å². The second kappa shape index (κ2) is 8.92. The number of aliphatic hydroxyl groups excluding tert-OH is 1. The maximum Gasteiger partial charge on any atom is 0.0319 e. The highest BCUT2D eigenvalue weighted by Gasteiger charge is 2.06. The predicted molar refractivity (Wildman–Crippen MR) is 48.0 cm³/mol. The molecule has 0 aromatic rings. The van der Waals surface area contributed by atoms with Gasteiger partial charge in [-0.2, -0.15) is 0 Å². The zero-order valence-electron chi connectivity index (χ0n) is 6.94. The van der Waals surface area contributed by atoms with Crippen LogP contribution in [0.4, 0.5) is 0 Å². The van der Waals surface area contributed by atoms with Crippen LogP contribution in [0.5, 0.6) is 0 Å². The highest BCUT2D eigenvalue weighted by Crippen LogP contribution is 2.04. The first kappa shape index (κ1) is 16.5. The molecule has 0 aliphatic rings. The fourth-order valence-electron chi connectivity index (χ4n) is 0.644. The molecule has 0 aliphatic heterocycles.